The fourth-order valence-electron chi connectivity index (χ4n) is 1.82. The first-order valence-electron chi connectivity index (χ1n) is 6.21. The third-order valence-electron chi connectivity index (χ3n) is 2.87. The Morgan fingerprint density at radius 2 is 2.11 bits per heavy atom. The highest BCUT2D eigenvalue weighted by molar-refractivity contribution is 5.17. The van der Waals surface area contributed by atoms with Crippen molar-refractivity contribution in [1.29, 1.82) is 0 Å². The van der Waals surface area contributed by atoms with E-state index < -0.39 is 6.10 Å². The van der Waals surface area contributed by atoms with Gasteiger partial charge in [0.15, 0.2) is 0 Å². The molecule has 0 spiro atoms. The van der Waals surface area contributed by atoms with Crippen LogP contribution in [0.5, 0.6) is 0 Å². The average Bonchev–Trinajstić information content (AvgIpc) is 2.77. The largest absolute Gasteiger partial charge is 0.386 e. The van der Waals surface area contributed by atoms with Crippen LogP contribution in [0.4, 0.5) is 0 Å². The number of aliphatic hydroxyl groups excluding tert-OH is 1. The van der Waals surface area contributed by atoms with Crippen molar-refractivity contribution in [2.45, 2.75) is 39.3 Å². The molecule has 18 heavy (non-hydrogen) atoms. The first kappa shape index (κ1) is 12.8. The van der Waals surface area contributed by atoms with Crippen molar-refractivity contribution >= 4 is 0 Å². The molecule has 0 amide bonds. The summed E-state index contributed by atoms with van der Waals surface area (Å²) in [5, 5.41) is 14.6. The third-order valence-corrected chi connectivity index (χ3v) is 2.87. The van der Waals surface area contributed by atoms with E-state index in [4.69, 9.17) is 0 Å². The van der Waals surface area contributed by atoms with E-state index in [0.29, 0.717) is 18.2 Å². The minimum absolute atomic E-state index is 0.341. The van der Waals surface area contributed by atoms with E-state index in [-0.39, 0.29) is 0 Å². The number of aryl methyl sites for hydroxylation is 1. The molecule has 1 N–H and O–H groups in total. The van der Waals surface area contributed by atoms with Crippen molar-refractivity contribution in [2.75, 3.05) is 0 Å². The lowest BCUT2D eigenvalue weighted by molar-refractivity contribution is 0.172. The van der Waals surface area contributed by atoms with Gasteiger partial charge >= 0.3 is 0 Å². The second-order valence-electron chi connectivity index (χ2n) is 4.86. The summed E-state index contributed by atoms with van der Waals surface area (Å²) in [6.45, 7) is 6.15. The topological polar surface area (TPSA) is 50.9 Å². The quantitative estimate of drug-likeness (QED) is 0.900. The number of aliphatic hydroxyl groups is 1. The van der Waals surface area contributed by atoms with Crippen LogP contribution in [0.15, 0.2) is 30.6 Å². The molecule has 2 heterocycles. The summed E-state index contributed by atoms with van der Waals surface area (Å²) in [4.78, 5) is 4.19. The number of aromatic nitrogens is 3. The van der Waals surface area contributed by atoms with Crippen LogP contribution in [0.1, 0.15) is 42.9 Å². The summed E-state index contributed by atoms with van der Waals surface area (Å²) < 4.78 is 1.89. The maximum Gasteiger partial charge on any atom is 0.102 e. The van der Waals surface area contributed by atoms with Crippen LogP contribution in [0, 0.1) is 6.92 Å². The second kappa shape index (κ2) is 5.31. The van der Waals surface area contributed by atoms with Gasteiger partial charge in [0.1, 0.15) is 6.10 Å². The average molecular weight is 245 g/mol. The van der Waals surface area contributed by atoms with E-state index in [1.54, 1.807) is 6.20 Å². The molecule has 0 aliphatic carbocycles. The Hall–Kier alpha value is -1.68. The molecule has 0 fully saturated rings. The molecule has 1 atom stereocenters. The molecule has 96 valence electrons. The molecule has 0 bridgehead atoms. The van der Waals surface area contributed by atoms with Crippen molar-refractivity contribution < 1.29 is 5.11 Å². The molecule has 0 aliphatic rings. The lowest BCUT2D eigenvalue weighted by atomic mass is 10.1. The van der Waals surface area contributed by atoms with E-state index >= 15 is 0 Å². The van der Waals surface area contributed by atoms with Crippen molar-refractivity contribution in [3.63, 3.8) is 0 Å². The van der Waals surface area contributed by atoms with Crippen LogP contribution in [0.3, 0.4) is 0 Å². The fourth-order valence-corrected chi connectivity index (χ4v) is 1.82. The maximum absolute atomic E-state index is 10.1. The van der Waals surface area contributed by atoms with E-state index in [9.17, 15) is 5.11 Å². The molecular formula is C14H19N3O. The van der Waals surface area contributed by atoms with Gasteiger partial charge in [-0.25, -0.2) is 0 Å². The molecule has 0 saturated heterocycles. The van der Waals surface area contributed by atoms with Gasteiger partial charge in [-0.05, 0) is 44.5 Å². The van der Waals surface area contributed by atoms with Gasteiger partial charge in [-0.2, -0.15) is 5.10 Å². The van der Waals surface area contributed by atoms with Crippen LogP contribution >= 0.6 is 0 Å². The summed E-state index contributed by atoms with van der Waals surface area (Å²) in [5.41, 5.74) is 2.69. The molecule has 0 radical (unpaired) electrons. The Morgan fingerprint density at radius 3 is 2.72 bits per heavy atom. The van der Waals surface area contributed by atoms with Crippen LogP contribution in [-0.2, 0) is 6.42 Å². The Balaban J connectivity index is 2.08. The molecule has 2 aromatic rings. The molecule has 0 aliphatic heterocycles. The number of hydrogen-bond donors (Lipinski definition) is 1. The van der Waals surface area contributed by atoms with Gasteiger partial charge in [-0.3, -0.25) is 9.67 Å². The Bertz CT molecular complexity index is 519. The van der Waals surface area contributed by atoms with Gasteiger partial charge in [0.05, 0.1) is 11.4 Å². The molecule has 4 nitrogen and oxygen atoms in total. The molecule has 2 aromatic heterocycles. The molecule has 2 rings (SSSR count). The Kier molecular flexibility index (Phi) is 3.77. The van der Waals surface area contributed by atoms with Crippen molar-refractivity contribution in [3.8, 4) is 0 Å². The number of hydrogen-bond acceptors (Lipinski definition) is 3. The molecular weight excluding hydrogens is 226 g/mol. The monoisotopic (exact) mass is 245 g/mol. The first-order valence-corrected chi connectivity index (χ1v) is 6.21. The SMILES string of the molecule is Cc1ccnc(C(O)Cc2ccn(C(C)C)n2)c1. The summed E-state index contributed by atoms with van der Waals surface area (Å²) in [5.74, 6) is 0. The summed E-state index contributed by atoms with van der Waals surface area (Å²) in [7, 11) is 0. The van der Waals surface area contributed by atoms with E-state index in [2.05, 4.69) is 23.9 Å². The van der Waals surface area contributed by atoms with Gasteiger partial charge in [0.25, 0.3) is 0 Å². The van der Waals surface area contributed by atoms with Gasteiger partial charge in [-0.1, -0.05) is 0 Å². The van der Waals surface area contributed by atoms with Crippen LogP contribution in [-0.4, -0.2) is 19.9 Å². The molecule has 0 aromatic carbocycles. The zero-order valence-corrected chi connectivity index (χ0v) is 11.0. The van der Waals surface area contributed by atoms with E-state index in [1.165, 1.54) is 0 Å². The number of pyridine rings is 1. The summed E-state index contributed by atoms with van der Waals surface area (Å²) in [6, 6.07) is 6.11. The van der Waals surface area contributed by atoms with Crippen molar-refractivity contribution in [3.05, 3.63) is 47.5 Å². The van der Waals surface area contributed by atoms with Gasteiger partial charge in [0, 0.05) is 24.9 Å². The summed E-state index contributed by atoms with van der Waals surface area (Å²) >= 11 is 0. The second-order valence-corrected chi connectivity index (χ2v) is 4.86. The van der Waals surface area contributed by atoms with Crippen LogP contribution < -0.4 is 0 Å². The van der Waals surface area contributed by atoms with Crippen LogP contribution in [0.2, 0.25) is 0 Å². The molecule has 4 heteroatoms. The van der Waals surface area contributed by atoms with E-state index in [0.717, 1.165) is 11.3 Å². The van der Waals surface area contributed by atoms with Crippen LogP contribution in [0.25, 0.3) is 0 Å². The summed E-state index contributed by atoms with van der Waals surface area (Å²) in [6.07, 6.45) is 3.56. The lowest BCUT2D eigenvalue weighted by Crippen LogP contribution is -2.06. The fraction of sp³-hybridized carbons (Fsp3) is 0.429. The smallest absolute Gasteiger partial charge is 0.102 e. The Labute approximate surface area is 107 Å². The van der Waals surface area contributed by atoms with Crippen molar-refractivity contribution in [1.82, 2.24) is 14.8 Å². The highest BCUT2D eigenvalue weighted by Crippen LogP contribution is 2.16. The zero-order valence-electron chi connectivity index (χ0n) is 11.0. The molecule has 0 saturated carbocycles. The minimum Gasteiger partial charge on any atom is -0.386 e. The van der Waals surface area contributed by atoms with Gasteiger partial charge < -0.3 is 5.11 Å². The highest BCUT2D eigenvalue weighted by Gasteiger charge is 2.12. The maximum atomic E-state index is 10.1. The van der Waals surface area contributed by atoms with Crippen molar-refractivity contribution in [2.24, 2.45) is 0 Å². The Morgan fingerprint density at radius 1 is 1.33 bits per heavy atom. The third kappa shape index (κ3) is 2.96. The predicted octanol–water partition coefficient (Wildman–Crippen LogP) is 2.44. The minimum atomic E-state index is -0.597. The normalized spacial score (nSPS) is 12.9. The highest BCUT2D eigenvalue weighted by atomic mass is 16.3. The van der Waals surface area contributed by atoms with Gasteiger partial charge in [0.2, 0.25) is 0 Å². The zero-order chi connectivity index (χ0) is 13.1. The van der Waals surface area contributed by atoms with Gasteiger partial charge in [-0.15, -0.1) is 0 Å². The first-order chi connectivity index (χ1) is 8.56. The lowest BCUT2D eigenvalue weighted by Gasteiger charge is -2.09. The van der Waals surface area contributed by atoms with E-state index in [1.807, 2.05) is 36.0 Å². The standard InChI is InChI=1S/C14H19N3O/c1-10(2)17-7-5-12(16-17)9-14(18)13-8-11(3)4-6-15-13/h4-8,10,14,18H,9H2,1-3H3. The molecule has 1 unspecified atom stereocenters. The predicted molar refractivity (Wildman–Crippen MR) is 70.2 cm³/mol. The number of nitrogens with zero attached hydrogens (tertiary/aromatic N) is 3. The number of rotatable bonds is 4.